The summed E-state index contributed by atoms with van der Waals surface area (Å²) in [6.07, 6.45) is -4.41. The molecule has 1 aromatic rings. The van der Waals surface area contributed by atoms with Crippen LogP contribution in [0.15, 0.2) is 18.2 Å². The number of benzene rings is 1. The van der Waals surface area contributed by atoms with Crippen molar-refractivity contribution in [2.45, 2.75) is 12.7 Å². The van der Waals surface area contributed by atoms with Crippen molar-refractivity contribution in [3.63, 3.8) is 0 Å². The molecule has 13 heavy (non-hydrogen) atoms. The number of hydrogen-bond acceptors (Lipinski definition) is 2. The van der Waals surface area contributed by atoms with Crippen molar-refractivity contribution in [2.24, 2.45) is 5.73 Å². The Balaban J connectivity index is 3.19. The summed E-state index contributed by atoms with van der Waals surface area (Å²) >= 11 is 0. The minimum Gasteiger partial charge on any atom is -0.398 e. The van der Waals surface area contributed by atoms with Crippen molar-refractivity contribution in [3.8, 4) is 0 Å². The van der Waals surface area contributed by atoms with Crippen LogP contribution in [-0.2, 0) is 12.7 Å². The lowest BCUT2D eigenvalue weighted by Crippen LogP contribution is -2.10. The largest absolute Gasteiger partial charge is 0.418 e. The molecule has 0 bridgehead atoms. The van der Waals surface area contributed by atoms with Crippen LogP contribution in [0, 0.1) is 0 Å². The highest BCUT2D eigenvalue weighted by atomic mass is 19.4. The van der Waals surface area contributed by atoms with Gasteiger partial charge >= 0.3 is 6.18 Å². The van der Waals surface area contributed by atoms with Gasteiger partial charge in [0.05, 0.1) is 5.56 Å². The lowest BCUT2D eigenvalue weighted by molar-refractivity contribution is -0.136. The molecule has 4 N–H and O–H groups in total. The Kier molecular flexibility index (Phi) is 2.47. The molecule has 72 valence electrons. The first-order valence-electron chi connectivity index (χ1n) is 3.61. The third kappa shape index (κ3) is 2.12. The molecule has 0 aromatic heterocycles. The SMILES string of the molecule is NCc1ccc(N)c(C(F)(F)F)c1. The lowest BCUT2D eigenvalue weighted by Gasteiger charge is -2.10. The van der Waals surface area contributed by atoms with Crippen molar-refractivity contribution in [2.75, 3.05) is 5.73 Å². The van der Waals surface area contributed by atoms with Gasteiger partial charge in [0.15, 0.2) is 0 Å². The second-order valence-electron chi connectivity index (χ2n) is 2.62. The third-order valence-corrected chi connectivity index (χ3v) is 1.66. The Bertz CT molecular complexity index is 307. The molecule has 0 radical (unpaired) electrons. The minimum absolute atomic E-state index is 0.0728. The Morgan fingerprint density at radius 2 is 1.85 bits per heavy atom. The normalized spacial score (nSPS) is 11.7. The quantitative estimate of drug-likeness (QED) is 0.663. The second-order valence-corrected chi connectivity index (χ2v) is 2.62. The number of nitrogens with two attached hydrogens (primary N) is 2. The molecule has 0 saturated heterocycles. The fraction of sp³-hybridized carbons (Fsp3) is 0.250. The zero-order valence-corrected chi connectivity index (χ0v) is 6.73. The van der Waals surface area contributed by atoms with Crippen molar-refractivity contribution >= 4 is 5.69 Å². The fourth-order valence-electron chi connectivity index (χ4n) is 0.976. The van der Waals surface area contributed by atoms with E-state index < -0.39 is 11.7 Å². The second kappa shape index (κ2) is 3.26. The molecule has 0 unspecified atom stereocenters. The van der Waals surface area contributed by atoms with Gasteiger partial charge in [-0.2, -0.15) is 13.2 Å². The summed E-state index contributed by atoms with van der Waals surface area (Å²) < 4.78 is 36.7. The summed E-state index contributed by atoms with van der Waals surface area (Å²) in [4.78, 5) is 0. The molecular formula is C8H9F3N2. The molecule has 0 saturated carbocycles. The van der Waals surface area contributed by atoms with Crippen LogP contribution in [0.5, 0.6) is 0 Å². The molecule has 0 aliphatic heterocycles. The fourth-order valence-corrected chi connectivity index (χ4v) is 0.976. The van der Waals surface area contributed by atoms with Crippen LogP contribution >= 0.6 is 0 Å². The van der Waals surface area contributed by atoms with E-state index in [4.69, 9.17) is 11.5 Å². The van der Waals surface area contributed by atoms with E-state index in [1.165, 1.54) is 12.1 Å². The first-order chi connectivity index (χ1) is 5.95. The zero-order valence-electron chi connectivity index (χ0n) is 6.73. The lowest BCUT2D eigenvalue weighted by atomic mass is 10.1. The highest BCUT2D eigenvalue weighted by Gasteiger charge is 2.32. The van der Waals surface area contributed by atoms with Crippen molar-refractivity contribution in [3.05, 3.63) is 29.3 Å². The van der Waals surface area contributed by atoms with E-state index in [2.05, 4.69) is 0 Å². The summed E-state index contributed by atoms with van der Waals surface area (Å²) in [6.45, 7) is 0.0728. The van der Waals surface area contributed by atoms with Gasteiger partial charge in [-0.1, -0.05) is 6.07 Å². The maximum absolute atomic E-state index is 12.2. The molecule has 0 spiro atoms. The van der Waals surface area contributed by atoms with E-state index in [0.29, 0.717) is 5.56 Å². The number of rotatable bonds is 1. The van der Waals surface area contributed by atoms with Crippen LogP contribution in [0.1, 0.15) is 11.1 Å². The predicted molar refractivity (Wildman–Crippen MR) is 43.7 cm³/mol. The topological polar surface area (TPSA) is 52.0 Å². The van der Waals surface area contributed by atoms with Gasteiger partial charge in [-0.3, -0.25) is 0 Å². The predicted octanol–water partition coefficient (Wildman–Crippen LogP) is 1.75. The molecular weight excluding hydrogens is 181 g/mol. The minimum atomic E-state index is -4.41. The van der Waals surface area contributed by atoms with Crippen LogP contribution in [0.25, 0.3) is 0 Å². The van der Waals surface area contributed by atoms with Crippen molar-refractivity contribution in [1.82, 2.24) is 0 Å². The van der Waals surface area contributed by atoms with E-state index in [1.54, 1.807) is 0 Å². The van der Waals surface area contributed by atoms with Crippen molar-refractivity contribution in [1.29, 1.82) is 0 Å². The molecule has 0 fully saturated rings. The van der Waals surface area contributed by atoms with Gasteiger partial charge in [0.2, 0.25) is 0 Å². The van der Waals surface area contributed by atoms with Crippen LogP contribution in [0.3, 0.4) is 0 Å². The number of halogens is 3. The average molecular weight is 190 g/mol. The first-order valence-corrected chi connectivity index (χ1v) is 3.61. The van der Waals surface area contributed by atoms with Gasteiger partial charge in [-0.05, 0) is 17.7 Å². The number of alkyl halides is 3. The third-order valence-electron chi connectivity index (χ3n) is 1.66. The highest BCUT2D eigenvalue weighted by molar-refractivity contribution is 5.50. The Hall–Kier alpha value is -1.23. The molecule has 1 aromatic carbocycles. The standard InChI is InChI=1S/C8H9F3N2/c9-8(10,11)6-3-5(4-12)1-2-7(6)13/h1-3H,4,12-13H2. The van der Waals surface area contributed by atoms with Gasteiger partial charge in [0.1, 0.15) is 0 Å². The van der Waals surface area contributed by atoms with Crippen LogP contribution < -0.4 is 11.5 Å². The Morgan fingerprint density at radius 1 is 1.23 bits per heavy atom. The summed E-state index contributed by atoms with van der Waals surface area (Å²) in [5.74, 6) is 0. The van der Waals surface area contributed by atoms with Gasteiger partial charge < -0.3 is 11.5 Å². The zero-order chi connectivity index (χ0) is 10.1. The van der Waals surface area contributed by atoms with Crippen LogP contribution in [-0.4, -0.2) is 0 Å². The monoisotopic (exact) mass is 190 g/mol. The Morgan fingerprint density at radius 3 is 2.31 bits per heavy atom. The summed E-state index contributed by atoms with van der Waals surface area (Å²) in [7, 11) is 0. The Labute approximate surface area is 73.3 Å². The van der Waals surface area contributed by atoms with E-state index >= 15 is 0 Å². The first kappa shape index (κ1) is 9.85. The molecule has 5 heteroatoms. The molecule has 0 heterocycles. The van der Waals surface area contributed by atoms with E-state index in [9.17, 15) is 13.2 Å². The summed E-state index contributed by atoms with van der Waals surface area (Å²) in [5.41, 5.74) is 9.69. The molecule has 2 nitrogen and oxygen atoms in total. The highest BCUT2D eigenvalue weighted by Crippen LogP contribution is 2.33. The van der Waals surface area contributed by atoms with Crippen LogP contribution in [0.2, 0.25) is 0 Å². The van der Waals surface area contributed by atoms with Gasteiger partial charge in [-0.15, -0.1) is 0 Å². The number of hydrogen-bond donors (Lipinski definition) is 2. The van der Waals surface area contributed by atoms with Gasteiger partial charge in [0, 0.05) is 12.2 Å². The van der Waals surface area contributed by atoms with Crippen molar-refractivity contribution < 1.29 is 13.2 Å². The molecule has 0 aliphatic rings. The maximum Gasteiger partial charge on any atom is 0.418 e. The van der Waals surface area contributed by atoms with E-state index in [0.717, 1.165) is 6.07 Å². The molecule has 0 amide bonds. The van der Waals surface area contributed by atoms with E-state index in [-0.39, 0.29) is 12.2 Å². The van der Waals surface area contributed by atoms with Crippen LogP contribution in [0.4, 0.5) is 18.9 Å². The number of anilines is 1. The smallest absolute Gasteiger partial charge is 0.398 e. The molecule has 0 atom stereocenters. The van der Waals surface area contributed by atoms with E-state index in [1.807, 2.05) is 0 Å². The maximum atomic E-state index is 12.2. The molecule has 0 aliphatic carbocycles. The van der Waals surface area contributed by atoms with Gasteiger partial charge in [0.25, 0.3) is 0 Å². The van der Waals surface area contributed by atoms with Gasteiger partial charge in [-0.25, -0.2) is 0 Å². The average Bonchev–Trinajstić information content (AvgIpc) is 2.03. The number of nitrogen functional groups attached to an aromatic ring is 1. The molecule has 1 rings (SSSR count). The summed E-state index contributed by atoms with van der Waals surface area (Å²) in [5, 5.41) is 0. The summed E-state index contributed by atoms with van der Waals surface area (Å²) in [6, 6.07) is 3.66.